The second kappa shape index (κ2) is 6.43. The van der Waals surface area contributed by atoms with Gasteiger partial charge in [0.05, 0.1) is 6.26 Å². The Morgan fingerprint density at radius 3 is 2.74 bits per heavy atom. The number of aryl methyl sites for hydroxylation is 1. The van der Waals surface area contributed by atoms with Crippen LogP contribution in [-0.4, -0.2) is 17.9 Å². The third kappa shape index (κ3) is 3.86. The van der Waals surface area contributed by atoms with E-state index in [1.54, 1.807) is 18.2 Å². The number of nitrogens with zero attached hydrogens (tertiary/aromatic N) is 1. The second-order valence-electron chi connectivity index (χ2n) is 4.42. The summed E-state index contributed by atoms with van der Waals surface area (Å²) in [6, 6.07) is 11.3. The molecule has 1 amide bonds. The predicted octanol–water partition coefficient (Wildman–Crippen LogP) is 3.52. The predicted molar refractivity (Wildman–Crippen MR) is 75.0 cm³/mol. The maximum absolute atomic E-state index is 12.0. The van der Waals surface area contributed by atoms with Gasteiger partial charge in [0.2, 0.25) is 5.91 Å². The molecule has 3 nitrogen and oxygen atoms in total. The van der Waals surface area contributed by atoms with Crippen molar-refractivity contribution >= 4 is 17.5 Å². The molecular weight excluding hydrogens is 262 g/mol. The van der Waals surface area contributed by atoms with Crippen LogP contribution in [0, 0.1) is 0 Å². The molecule has 1 aromatic heterocycles. The van der Waals surface area contributed by atoms with Crippen LogP contribution in [0.25, 0.3) is 0 Å². The van der Waals surface area contributed by atoms with E-state index in [0.717, 1.165) is 11.3 Å². The largest absolute Gasteiger partial charge is 0.469 e. The first-order valence-electron chi connectivity index (χ1n) is 6.16. The molecule has 1 aromatic carbocycles. The van der Waals surface area contributed by atoms with Crippen LogP contribution >= 0.6 is 11.6 Å². The number of rotatable bonds is 5. The molecule has 1 heterocycles. The molecule has 0 saturated carbocycles. The summed E-state index contributed by atoms with van der Waals surface area (Å²) in [6.45, 7) is 0.524. The van der Waals surface area contributed by atoms with Gasteiger partial charge >= 0.3 is 0 Å². The van der Waals surface area contributed by atoms with Gasteiger partial charge in [-0.1, -0.05) is 29.8 Å². The van der Waals surface area contributed by atoms with Crippen LogP contribution in [0.3, 0.4) is 0 Å². The van der Waals surface area contributed by atoms with Crippen LogP contribution in [-0.2, 0) is 17.8 Å². The minimum absolute atomic E-state index is 0.0799. The molecule has 0 bridgehead atoms. The Morgan fingerprint density at radius 2 is 2.05 bits per heavy atom. The lowest BCUT2D eigenvalue weighted by molar-refractivity contribution is -0.130. The fourth-order valence-electron chi connectivity index (χ4n) is 1.85. The number of hydrogen-bond acceptors (Lipinski definition) is 2. The Labute approximate surface area is 117 Å². The van der Waals surface area contributed by atoms with Crippen molar-refractivity contribution in [3.05, 3.63) is 59.0 Å². The molecule has 0 unspecified atom stereocenters. The molecule has 4 heteroatoms. The topological polar surface area (TPSA) is 33.5 Å². The number of carbonyl (C=O) groups excluding carboxylic acids is 1. The van der Waals surface area contributed by atoms with Crippen LogP contribution < -0.4 is 0 Å². The second-order valence-corrected chi connectivity index (χ2v) is 4.83. The first kappa shape index (κ1) is 13.7. The quantitative estimate of drug-likeness (QED) is 0.838. The third-order valence-electron chi connectivity index (χ3n) is 2.96. The van der Waals surface area contributed by atoms with Crippen LogP contribution in [0.4, 0.5) is 0 Å². The van der Waals surface area contributed by atoms with E-state index in [9.17, 15) is 4.79 Å². The van der Waals surface area contributed by atoms with E-state index in [1.165, 1.54) is 0 Å². The standard InChI is InChI=1S/C15H16ClNO2/c1-17(11-12-5-2-3-7-14(12)16)15(18)9-8-13-6-4-10-19-13/h2-7,10H,8-9,11H2,1H3. The lowest BCUT2D eigenvalue weighted by Crippen LogP contribution is -2.26. The number of amides is 1. The average molecular weight is 278 g/mol. The van der Waals surface area contributed by atoms with Crippen molar-refractivity contribution in [2.45, 2.75) is 19.4 Å². The van der Waals surface area contributed by atoms with Crippen molar-refractivity contribution < 1.29 is 9.21 Å². The Bertz CT molecular complexity index is 537. The molecule has 0 aliphatic rings. The van der Waals surface area contributed by atoms with Gasteiger partial charge in [-0.3, -0.25) is 4.79 Å². The van der Waals surface area contributed by atoms with Gasteiger partial charge in [-0.15, -0.1) is 0 Å². The fourth-order valence-corrected chi connectivity index (χ4v) is 2.04. The van der Waals surface area contributed by atoms with E-state index in [-0.39, 0.29) is 5.91 Å². The zero-order valence-corrected chi connectivity index (χ0v) is 11.6. The van der Waals surface area contributed by atoms with Gasteiger partial charge in [-0.05, 0) is 23.8 Å². The minimum atomic E-state index is 0.0799. The molecule has 0 radical (unpaired) electrons. The van der Waals surface area contributed by atoms with Gasteiger partial charge in [-0.25, -0.2) is 0 Å². The molecule has 0 aliphatic carbocycles. The smallest absolute Gasteiger partial charge is 0.223 e. The van der Waals surface area contributed by atoms with Gasteiger partial charge in [0, 0.05) is 31.5 Å². The van der Waals surface area contributed by atoms with Gasteiger partial charge in [0.1, 0.15) is 5.76 Å². The SMILES string of the molecule is CN(Cc1ccccc1Cl)C(=O)CCc1ccco1. The summed E-state index contributed by atoms with van der Waals surface area (Å²) < 4.78 is 5.21. The van der Waals surface area contributed by atoms with E-state index < -0.39 is 0 Å². The first-order valence-corrected chi connectivity index (χ1v) is 6.54. The van der Waals surface area contributed by atoms with Gasteiger partial charge < -0.3 is 9.32 Å². The number of benzene rings is 1. The number of hydrogen-bond donors (Lipinski definition) is 0. The fraction of sp³-hybridized carbons (Fsp3) is 0.267. The van der Waals surface area contributed by atoms with Crippen LogP contribution in [0.5, 0.6) is 0 Å². The number of carbonyl (C=O) groups is 1. The normalized spacial score (nSPS) is 10.4. The Balaban J connectivity index is 1.87. The Hall–Kier alpha value is -1.74. The van der Waals surface area contributed by atoms with Gasteiger partial charge in [0.25, 0.3) is 0 Å². The van der Waals surface area contributed by atoms with Crippen LogP contribution in [0.1, 0.15) is 17.7 Å². The minimum Gasteiger partial charge on any atom is -0.469 e. The van der Waals surface area contributed by atoms with Gasteiger partial charge in [-0.2, -0.15) is 0 Å². The van der Waals surface area contributed by atoms with Crippen molar-refractivity contribution in [1.82, 2.24) is 4.90 Å². The van der Waals surface area contributed by atoms with Crippen molar-refractivity contribution in [3.63, 3.8) is 0 Å². The lowest BCUT2D eigenvalue weighted by Gasteiger charge is -2.17. The summed E-state index contributed by atoms with van der Waals surface area (Å²) in [6.07, 6.45) is 2.68. The lowest BCUT2D eigenvalue weighted by atomic mass is 10.2. The first-order chi connectivity index (χ1) is 9.16. The summed E-state index contributed by atoms with van der Waals surface area (Å²) in [5.41, 5.74) is 0.956. The average Bonchev–Trinajstić information content (AvgIpc) is 2.91. The molecule has 19 heavy (non-hydrogen) atoms. The van der Waals surface area contributed by atoms with E-state index in [4.69, 9.17) is 16.0 Å². The summed E-state index contributed by atoms with van der Waals surface area (Å²) >= 11 is 6.08. The van der Waals surface area contributed by atoms with E-state index in [2.05, 4.69) is 0 Å². The molecule has 0 N–H and O–H groups in total. The summed E-state index contributed by atoms with van der Waals surface area (Å²) in [7, 11) is 1.79. The maximum Gasteiger partial charge on any atom is 0.223 e. The molecule has 0 saturated heterocycles. The Kier molecular flexibility index (Phi) is 4.63. The number of furan rings is 1. The van der Waals surface area contributed by atoms with Crippen molar-refractivity contribution in [3.8, 4) is 0 Å². The maximum atomic E-state index is 12.0. The number of halogens is 1. The molecule has 2 aromatic rings. The van der Waals surface area contributed by atoms with Crippen molar-refractivity contribution in [2.24, 2.45) is 0 Å². The van der Waals surface area contributed by atoms with E-state index in [0.29, 0.717) is 24.4 Å². The molecule has 100 valence electrons. The highest BCUT2D eigenvalue weighted by molar-refractivity contribution is 6.31. The molecule has 0 spiro atoms. The third-order valence-corrected chi connectivity index (χ3v) is 3.33. The summed E-state index contributed by atoms with van der Waals surface area (Å²) in [5, 5.41) is 0.688. The van der Waals surface area contributed by atoms with Gasteiger partial charge in [0.15, 0.2) is 0 Å². The van der Waals surface area contributed by atoms with E-state index in [1.807, 2.05) is 36.4 Å². The highest BCUT2D eigenvalue weighted by Gasteiger charge is 2.11. The zero-order valence-electron chi connectivity index (χ0n) is 10.8. The monoisotopic (exact) mass is 277 g/mol. The molecule has 2 rings (SSSR count). The highest BCUT2D eigenvalue weighted by atomic mass is 35.5. The highest BCUT2D eigenvalue weighted by Crippen LogP contribution is 2.17. The van der Waals surface area contributed by atoms with Crippen LogP contribution in [0.2, 0.25) is 5.02 Å². The summed E-state index contributed by atoms with van der Waals surface area (Å²) in [4.78, 5) is 13.7. The molecule has 0 aliphatic heterocycles. The Morgan fingerprint density at radius 1 is 1.26 bits per heavy atom. The molecular formula is C15H16ClNO2. The van der Waals surface area contributed by atoms with Crippen molar-refractivity contribution in [2.75, 3.05) is 7.05 Å². The molecule has 0 fully saturated rings. The molecule has 0 atom stereocenters. The van der Waals surface area contributed by atoms with Crippen LogP contribution in [0.15, 0.2) is 47.1 Å². The zero-order chi connectivity index (χ0) is 13.7. The summed E-state index contributed by atoms with van der Waals surface area (Å²) in [5.74, 6) is 0.913. The van der Waals surface area contributed by atoms with Crippen molar-refractivity contribution in [1.29, 1.82) is 0 Å². The van der Waals surface area contributed by atoms with E-state index >= 15 is 0 Å².